The highest BCUT2D eigenvalue weighted by Crippen LogP contribution is 2.10. The van der Waals surface area contributed by atoms with Gasteiger partial charge >= 0.3 is 0 Å². The number of rotatable bonds is 1. The van der Waals surface area contributed by atoms with Crippen molar-refractivity contribution in [2.24, 2.45) is 11.7 Å². The molecule has 6 heteroatoms. The highest BCUT2D eigenvalue weighted by Gasteiger charge is 2.19. The maximum absolute atomic E-state index is 11.3. The van der Waals surface area contributed by atoms with Crippen molar-refractivity contribution >= 4 is 18.3 Å². The van der Waals surface area contributed by atoms with E-state index in [4.69, 9.17) is 14.7 Å². The van der Waals surface area contributed by atoms with Crippen LogP contribution in [0.15, 0.2) is 0 Å². The molecule has 0 saturated carbocycles. The first-order valence-electron chi connectivity index (χ1n) is 5.50. The van der Waals surface area contributed by atoms with Gasteiger partial charge in [0, 0.05) is 25.9 Å². The molecule has 100 valence electrons. The van der Waals surface area contributed by atoms with Gasteiger partial charge in [0.2, 0.25) is 12.3 Å². The van der Waals surface area contributed by atoms with Crippen LogP contribution in [0.4, 0.5) is 0 Å². The minimum Gasteiger partial charge on any atom is -0.481 e. The lowest BCUT2D eigenvalue weighted by Gasteiger charge is -2.17. The molecule has 0 spiro atoms. The van der Waals surface area contributed by atoms with Crippen LogP contribution in [0.5, 0.6) is 0 Å². The molecule has 0 atom stereocenters. The summed E-state index contributed by atoms with van der Waals surface area (Å²) in [5.74, 6) is -0.337. The van der Waals surface area contributed by atoms with E-state index in [1.54, 1.807) is 0 Å². The Labute approximate surface area is 102 Å². The first-order chi connectivity index (χ1) is 7.86. The monoisotopic (exact) mass is 246 g/mol. The summed E-state index contributed by atoms with van der Waals surface area (Å²) in [6.07, 6.45) is 2.64. The zero-order valence-corrected chi connectivity index (χ0v) is 10.7. The quantitative estimate of drug-likeness (QED) is 0.656. The lowest BCUT2D eigenvalue weighted by molar-refractivity contribution is -0.134. The van der Waals surface area contributed by atoms with Gasteiger partial charge in [0.05, 0.1) is 0 Å². The van der Waals surface area contributed by atoms with E-state index in [1.807, 2.05) is 18.7 Å². The molecule has 1 rings (SSSR count). The van der Waals surface area contributed by atoms with Gasteiger partial charge in [-0.1, -0.05) is 13.8 Å². The molecule has 0 unspecified atom stereocenters. The van der Waals surface area contributed by atoms with Gasteiger partial charge in [0.25, 0.3) is 5.97 Å². The molecule has 0 aromatic carbocycles. The van der Waals surface area contributed by atoms with Gasteiger partial charge in [-0.25, -0.2) is 0 Å². The average molecular weight is 246 g/mol. The lowest BCUT2D eigenvalue weighted by atomic mass is 10.2. The number of likely N-dealkylation sites (tertiary alicyclic amines) is 1. The second-order valence-corrected chi connectivity index (χ2v) is 3.84. The smallest absolute Gasteiger partial charge is 0.300 e. The fourth-order valence-corrected chi connectivity index (χ4v) is 1.30. The van der Waals surface area contributed by atoms with E-state index in [0.717, 1.165) is 20.0 Å². The first kappa shape index (κ1) is 17.8. The maximum Gasteiger partial charge on any atom is 0.300 e. The Morgan fingerprint density at radius 3 is 1.82 bits per heavy atom. The molecule has 0 aromatic heterocycles. The molecule has 2 amide bonds. The van der Waals surface area contributed by atoms with Gasteiger partial charge in [-0.3, -0.25) is 14.4 Å². The summed E-state index contributed by atoms with van der Waals surface area (Å²) < 4.78 is 0. The normalized spacial score (nSPS) is 13.1. The van der Waals surface area contributed by atoms with Gasteiger partial charge in [0.1, 0.15) is 0 Å². The maximum atomic E-state index is 11.3. The Kier molecular flexibility index (Phi) is 11.4. The average Bonchev–Trinajstić information content (AvgIpc) is 2.69. The Morgan fingerprint density at radius 1 is 1.29 bits per heavy atom. The molecule has 6 nitrogen and oxygen atoms in total. The number of carbonyl (C=O) groups is 3. The van der Waals surface area contributed by atoms with E-state index in [1.165, 1.54) is 12.8 Å². The number of nitrogens with two attached hydrogens (primary N) is 1. The molecule has 0 radical (unpaired) electrons. The molecule has 0 aliphatic carbocycles. The van der Waals surface area contributed by atoms with Crippen LogP contribution in [0.1, 0.15) is 33.6 Å². The molecule has 3 N–H and O–H groups in total. The Morgan fingerprint density at radius 2 is 1.59 bits per heavy atom. The van der Waals surface area contributed by atoms with Crippen LogP contribution >= 0.6 is 0 Å². The Bertz CT molecular complexity index is 232. The number of hydrogen-bond acceptors (Lipinski definition) is 3. The molecule has 1 saturated heterocycles. The Balaban J connectivity index is 0. The van der Waals surface area contributed by atoms with Crippen LogP contribution in [0.2, 0.25) is 0 Å². The minimum absolute atomic E-state index is 0.179. The molecular formula is C11H22N2O4. The van der Waals surface area contributed by atoms with Crippen LogP contribution in [0, 0.1) is 5.92 Å². The summed E-state index contributed by atoms with van der Waals surface area (Å²) in [6, 6.07) is 0. The second-order valence-electron chi connectivity index (χ2n) is 3.84. The second kappa shape index (κ2) is 10.9. The number of carboxylic acid groups (broad SMARTS) is 1. The summed E-state index contributed by atoms with van der Waals surface area (Å²) in [5.41, 5.74) is 4.17. The molecule has 1 fully saturated rings. The van der Waals surface area contributed by atoms with Crippen LogP contribution < -0.4 is 5.73 Å². The number of amides is 2. The standard InChI is InChI=1S/C8H15NO.C2H4O2.CH3NO/c1-7(2)8(10)9-5-3-4-6-9;1-2(3)4;2-1-3/h7H,3-6H2,1-2H3;1H3,(H,3,4);1H,(H2,2,3). The van der Waals surface area contributed by atoms with Crippen LogP contribution in [-0.2, 0) is 14.4 Å². The minimum atomic E-state index is -0.833. The summed E-state index contributed by atoms with van der Waals surface area (Å²) in [7, 11) is 0. The van der Waals surface area contributed by atoms with Crippen LogP contribution in [0.3, 0.4) is 0 Å². The van der Waals surface area contributed by atoms with Crippen molar-refractivity contribution in [2.45, 2.75) is 33.6 Å². The van der Waals surface area contributed by atoms with E-state index in [-0.39, 0.29) is 12.3 Å². The van der Waals surface area contributed by atoms with Crippen LogP contribution in [0.25, 0.3) is 0 Å². The molecule has 1 aliphatic rings. The predicted octanol–water partition coefficient (Wildman–Crippen LogP) is 0.457. The fourth-order valence-electron chi connectivity index (χ4n) is 1.30. The van der Waals surface area contributed by atoms with Gasteiger partial charge in [0.15, 0.2) is 0 Å². The van der Waals surface area contributed by atoms with Crippen molar-refractivity contribution in [1.82, 2.24) is 4.90 Å². The van der Waals surface area contributed by atoms with Gasteiger partial charge < -0.3 is 15.7 Å². The SMILES string of the molecule is CC(=O)O.CC(C)C(=O)N1CCCC1.NC=O. The fraction of sp³-hybridized carbons (Fsp3) is 0.727. The Hall–Kier alpha value is -1.59. The third-order valence-corrected chi connectivity index (χ3v) is 1.91. The van der Waals surface area contributed by atoms with E-state index >= 15 is 0 Å². The lowest BCUT2D eigenvalue weighted by Crippen LogP contribution is -2.31. The first-order valence-corrected chi connectivity index (χ1v) is 5.50. The van der Waals surface area contributed by atoms with Crippen molar-refractivity contribution in [3.05, 3.63) is 0 Å². The molecule has 17 heavy (non-hydrogen) atoms. The van der Waals surface area contributed by atoms with Crippen LogP contribution in [-0.4, -0.2) is 41.4 Å². The largest absolute Gasteiger partial charge is 0.481 e. The van der Waals surface area contributed by atoms with Gasteiger partial charge in [-0.2, -0.15) is 0 Å². The summed E-state index contributed by atoms with van der Waals surface area (Å²) in [5, 5.41) is 7.42. The predicted molar refractivity (Wildman–Crippen MR) is 64.2 cm³/mol. The topological polar surface area (TPSA) is 101 Å². The molecule has 0 bridgehead atoms. The number of primary amides is 1. The summed E-state index contributed by atoms with van der Waals surface area (Å²) in [4.78, 5) is 30.8. The summed E-state index contributed by atoms with van der Waals surface area (Å²) in [6.45, 7) is 6.97. The molecular weight excluding hydrogens is 224 g/mol. The van der Waals surface area contributed by atoms with Gasteiger partial charge in [-0.15, -0.1) is 0 Å². The van der Waals surface area contributed by atoms with Crippen molar-refractivity contribution in [3.63, 3.8) is 0 Å². The number of hydrogen-bond donors (Lipinski definition) is 2. The number of nitrogens with zero attached hydrogens (tertiary/aromatic N) is 1. The van der Waals surface area contributed by atoms with E-state index in [0.29, 0.717) is 5.91 Å². The zero-order chi connectivity index (χ0) is 13.8. The highest BCUT2D eigenvalue weighted by atomic mass is 16.4. The zero-order valence-electron chi connectivity index (χ0n) is 10.7. The third-order valence-electron chi connectivity index (χ3n) is 1.91. The number of carbonyl (C=O) groups excluding carboxylic acids is 2. The molecule has 1 heterocycles. The van der Waals surface area contributed by atoms with E-state index in [2.05, 4.69) is 5.73 Å². The van der Waals surface area contributed by atoms with E-state index in [9.17, 15) is 4.79 Å². The van der Waals surface area contributed by atoms with E-state index < -0.39 is 5.97 Å². The number of carboxylic acids is 1. The number of aliphatic carboxylic acids is 1. The highest BCUT2D eigenvalue weighted by molar-refractivity contribution is 5.78. The third kappa shape index (κ3) is 12.3. The van der Waals surface area contributed by atoms with Crippen molar-refractivity contribution in [1.29, 1.82) is 0 Å². The summed E-state index contributed by atoms with van der Waals surface area (Å²) >= 11 is 0. The van der Waals surface area contributed by atoms with Crippen molar-refractivity contribution in [2.75, 3.05) is 13.1 Å². The van der Waals surface area contributed by atoms with Gasteiger partial charge in [-0.05, 0) is 12.8 Å². The molecule has 1 aliphatic heterocycles. The van der Waals surface area contributed by atoms with Crippen molar-refractivity contribution < 1.29 is 19.5 Å². The molecule has 0 aromatic rings. The van der Waals surface area contributed by atoms with Crippen molar-refractivity contribution in [3.8, 4) is 0 Å².